The van der Waals surface area contributed by atoms with E-state index >= 15 is 0 Å². The fraction of sp³-hybridized carbons (Fsp3) is 0.471. The summed E-state index contributed by atoms with van der Waals surface area (Å²) in [6.07, 6.45) is 2.27. The zero-order valence-corrected chi connectivity index (χ0v) is 14.8. The molecule has 1 N–H and O–H groups in total. The summed E-state index contributed by atoms with van der Waals surface area (Å²) in [5, 5.41) is 12.1. The number of hydrogen-bond acceptors (Lipinski definition) is 5. The second-order valence-corrected chi connectivity index (χ2v) is 6.90. The lowest BCUT2D eigenvalue weighted by Gasteiger charge is -2.10. The van der Waals surface area contributed by atoms with Crippen molar-refractivity contribution in [3.8, 4) is 11.4 Å². The molecule has 0 aliphatic carbocycles. The molecule has 1 amide bonds. The van der Waals surface area contributed by atoms with Crippen LogP contribution in [0.1, 0.15) is 18.4 Å². The molecule has 1 aromatic heterocycles. The second kappa shape index (κ2) is 7.81. The van der Waals surface area contributed by atoms with Crippen molar-refractivity contribution in [3.63, 3.8) is 0 Å². The summed E-state index contributed by atoms with van der Waals surface area (Å²) in [4.78, 5) is 12.0. The van der Waals surface area contributed by atoms with Crippen molar-refractivity contribution >= 4 is 17.7 Å². The van der Waals surface area contributed by atoms with Crippen molar-refractivity contribution in [2.24, 2.45) is 7.05 Å². The van der Waals surface area contributed by atoms with E-state index in [1.54, 1.807) is 0 Å². The molecule has 0 spiro atoms. The molecular formula is C17H22N4O2S. The van der Waals surface area contributed by atoms with Crippen molar-refractivity contribution < 1.29 is 9.53 Å². The number of nitrogens with zero attached hydrogens (tertiary/aromatic N) is 3. The number of carbonyl (C=O) groups is 1. The average Bonchev–Trinajstić information content (AvgIpc) is 3.21. The van der Waals surface area contributed by atoms with Gasteiger partial charge in [-0.15, -0.1) is 10.2 Å². The standard InChI is InChI=1S/C17H22N4O2S/c1-12-5-3-6-13(9-12)16-19-20-17(21(16)2)24-11-15(22)18-10-14-7-4-8-23-14/h3,5-6,9,14H,4,7-8,10-11H2,1-2H3,(H,18,22)/t14-/m0/s1. The molecule has 1 aliphatic rings. The zero-order valence-electron chi connectivity index (χ0n) is 14.0. The van der Waals surface area contributed by atoms with E-state index in [4.69, 9.17) is 4.74 Å². The molecule has 1 fully saturated rings. The fourth-order valence-electron chi connectivity index (χ4n) is 2.69. The molecule has 3 rings (SSSR count). The van der Waals surface area contributed by atoms with Crippen molar-refractivity contribution in [1.82, 2.24) is 20.1 Å². The van der Waals surface area contributed by atoms with E-state index in [1.807, 2.05) is 36.7 Å². The van der Waals surface area contributed by atoms with Crippen LogP contribution in [0.25, 0.3) is 11.4 Å². The van der Waals surface area contributed by atoms with Gasteiger partial charge < -0.3 is 14.6 Å². The quantitative estimate of drug-likeness (QED) is 0.812. The summed E-state index contributed by atoms with van der Waals surface area (Å²) in [5.74, 6) is 1.13. The van der Waals surface area contributed by atoms with Crippen LogP contribution >= 0.6 is 11.8 Å². The topological polar surface area (TPSA) is 69.0 Å². The Kier molecular flexibility index (Phi) is 5.52. The van der Waals surface area contributed by atoms with Crippen LogP contribution in [0.4, 0.5) is 0 Å². The second-order valence-electron chi connectivity index (χ2n) is 5.96. The average molecular weight is 346 g/mol. The lowest BCUT2D eigenvalue weighted by atomic mass is 10.1. The van der Waals surface area contributed by atoms with Crippen molar-refractivity contribution in [2.75, 3.05) is 18.9 Å². The molecule has 6 nitrogen and oxygen atoms in total. The number of hydrogen-bond donors (Lipinski definition) is 1. The third-order valence-corrected chi connectivity index (χ3v) is 5.01. The van der Waals surface area contributed by atoms with Crippen LogP contribution in [-0.4, -0.2) is 45.7 Å². The van der Waals surface area contributed by atoms with Crippen LogP contribution in [0, 0.1) is 6.92 Å². The SMILES string of the molecule is Cc1cccc(-c2nnc(SCC(=O)NC[C@@H]3CCCO3)n2C)c1. The molecule has 1 saturated heterocycles. The van der Waals surface area contributed by atoms with Gasteiger partial charge in [-0.2, -0.15) is 0 Å². The van der Waals surface area contributed by atoms with Gasteiger partial charge >= 0.3 is 0 Å². The maximum atomic E-state index is 12.0. The molecule has 2 aromatic rings. The Hall–Kier alpha value is -1.86. The highest BCUT2D eigenvalue weighted by atomic mass is 32.2. The van der Waals surface area contributed by atoms with Gasteiger partial charge in [0.05, 0.1) is 11.9 Å². The number of nitrogens with one attached hydrogen (secondary N) is 1. The molecule has 1 aromatic carbocycles. The number of benzene rings is 1. The molecule has 0 bridgehead atoms. The first-order valence-corrected chi connectivity index (χ1v) is 9.09. The predicted octanol–water partition coefficient (Wildman–Crippen LogP) is 2.18. The summed E-state index contributed by atoms with van der Waals surface area (Å²) < 4.78 is 7.42. The summed E-state index contributed by atoms with van der Waals surface area (Å²) >= 11 is 1.39. The molecule has 1 aliphatic heterocycles. The minimum atomic E-state index is -0.00407. The van der Waals surface area contributed by atoms with E-state index in [0.29, 0.717) is 12.3 Å². The van der Waals surface area contributed by atoms with Gasteiger partial charge in [-0.25, -0.2) is 0 Å². The van der Waals surface area contributed by atoms with E-state index in [1.165, 1.54) is 17.3 Å². The van der Waals surface area contributed by atoms with Crippen LogP contribution in [0.2, 0.25) is 0 Å². The van der Waals surface area contributed by atoms with Crippen molar-refractivity contribution in [1.29, 1.82) is 0 Å². The number of aryl methyl sites for hydroxylation is 1. The first-order valence-electron chi connectivity index (χ1n) is 8.11. The van der Waals surface area contributed by atoms with Gasteiger partial charge in [-0.3, -0.25) is 4.79 Å². The third kappa shape index (κ3) is 4.15. The molecule has 0 unspecified atom stereocenters. The van der Waals surface area contributed by atoms with Crippen LogP contribution in [0.5, 0.6) is 0 Å². The Balaban J connectivity index is 1.55. The van der Waals surface area contributed by atoms with Crippen LogP contribution < -0.4 is 5.32 Å². The summed E-state index contributed by atoms with van der Waals surface area (Å²) in [6.45, 7) is 3.44. The van der Waals surface area contributed by atoms with Crippen LogP contribution in [0.15, 0.2) is 29.4 Å². The fourth-order valence-corrected chi connectivity index (χ4v) is 3.43. The van der Waals surface area contributed by atoms with E-state index in [9.17, 15) is 4.79 Å². The van der Waals surface area contributed by atoms with E-state index in [2.05, 4.69) is 21.6 Å². The maximum absolute atomic E-state index is 12.0. The summed E-state index contributed by atoms with van der Waals surface area (Å²) in [6, 6.07) is 8.14. The Bertz CT molecular complexity index is 710. The van der Waals surface area contributed by atoms with Crippen molar-refractivity contribution in [3.05, 3.63) is 29.8 Å². The van der Waals surface area contributed by atoms with E-state index < -0.39 is 0 Å². The predicted molar refractivity (Wildman–Crippen MR) is 93.9 cm³/mol. The Morgan fingerprint density at radius 2 is 2.33 bits per heavy atom. The van der Waals surface area contributed by atoms with Gasteiger partial charge in [0.15, 0.2) is 11.0 Å². The normalized spacial score (nSPS) is 17.2. The Labute approximate surface area is 146 Å². The summed E-state index contributed by atoms with van der Waals surface area (Å²) in [7, 11) is 1.92. The largest absolute Gasteiger partial charge is 0.376 e. The van der Waals surface area contributed by atoms with Gasteiger partial charge in [0.1, 0.15) is 0 Å². The zero-order chi connectivity index (χ0) is 16.9. The molecule has 7 heteroatoms. The number of ether oxygens (including phenoxy) is 1. The number of aromatic nitrogens is 3. The Morgan fingerprint density at radius 1 is 1.46 bits per heavy atom. The van der Waals surface area contributed by atoms with E-state index in [-0.39, 0.29) is 12.0 Å². The maximum Gasteiger partial charge on any atom is 0.230 e. The lowest BCUT2D eigenvalue weighted by Crippen LogP contribution is -2.32. The van der Waals surface area contributed by atoms with Crippen molar-refractivity contribution in [2.45, 2.75) is 31.0 Å². The third-order valence-electron chi connectivity index (χ3n) is 3.99. The van der Waals surface area contributed by atoms with Crippen LogP contribution in [0.3, 0.4) is 0 Å². The molecular weight excluding hydrogens is 324 g/mol. The molecule has 128 valence electrons. The monoisotopic (exact) mass is 346 g/mol. The molecule has 2 heterocycles. The lowest BCUT2D eigenvalue weighted by molar-refractivity contribution is -0.119. The van der Waals surface area contributed by atoms with Gasteiger partial charge in [-0.05, 0) is 25.8 Å². The highest BCUT2D eigenvalue weighted by Gasteiger charge is 2.17. The first kappa shape index (κ1) is 17.0. The van der Waals surface area contributed by atoms with Gasteiger partial charge in [-0.1, -0.05) is 35.5 Å². The van der Waals surface area contributed by atoms with Gasteiger partial charge in [0.2, 0.25) is 5.91 Å². The number of thioether (sulfide) groups is 1. The highest BCUT2D eigenvalue weighted by Crippen LogP contribution is 2.23. The molecule has 0 radical (unpaired) electrons. The minimum absolute atomic E-state index is 0.00407. The smallest absolute Gasteiger partial charge is 0.230 e. The summed E-state index contributed by atoms with van der Waals surface area (Å²) in [5.41, 5.74) is 2.21. The number of amides is 1. The van der Waals surface area contributed by atoms with Gasteiger partial charge in [0, 0.05) is 25.8 Å². The molecule has 0 saturated carbocycles. The highest BCUT2D eigenvalue weighted by molar-refractivity contribution is 7.99. The molecule has 24 heavy (non-hydrogen) atoms. The van der Waals surface area contributed by atoms with Gasteiger partial charge in [0.25, 0.3) is 0 Å². The van der Waals surface area contributed by atoms with E-state index in [0.717, 1.165) is 36.0 Å². The number of rotatable bonds is 6. The minimum Gasteiger partial charge on any atom is -0.376 e. The first-order chi connectivity index (χ1) is 11.6. The molecule has 1 atom stereocenters. The number of carbonyl (C=O) groups excluding carboxylic acids is 1. The van der Waals surface area contributed by atoms with Crippen LogP contribution in [-0.2, 0) is 16.6 Å². The Morgan fingerprint density at radius 3 is 3.08 bits per heavy atom.